The van der Waals surface area contributed by atoms with Crippen molar-refractivity contribution in [2.45, 2.75) is 52.2 Å². The molecule has 2 aromatic carbocycles. The van der Waals surface area contributed by atoms with Crippen LogP contribution in [-0.2, 0) is 6.61 Å². The van der Waals surface area contributed by atoms with Gasteiger partial charge in [-0.05, 0) is 49.6 Å². The van der Waals surface area contributed by atoms with Gasteiger partial charge in [-0.3, -0.25) is 4.79 Å². The molecule has 1 amide bonds. The first kappa shape index (κ1) is 17.6. The van der Waals surface area contributed by atoms with Crippen LogP contribution >= 0.6 is 0 Å². The summed E-state index contributed by atoms with van der Waals surface area (Å²) in [7, 11) is 0. The lowest BCUT2D eigenvalue weighted by atomic mass is 10.0. The molecule has 5 nitrogen and oxygen atoms in total. The average molecular weight is 364 g/mol. The molecule has 27 heavy (non-hydrogen) atoms. The first-order chi connectivity index (χ1) is 13.1. The van der Waals surface area contributed by atoms with Crippen LogP contribution in [0.1, 0.15) is 53.1 Å². The topological polar surface area (TPSA) is 64.4 Å². The molecule has 1 saturated carbocycles. The summed E-state index contributed by atoms with van der Waals surface area (Å²) in [5.41, 5.74) is 2.31. The molecular weight excluding hydrogens is 340 g/mol. The van der Waals surface area contributed by atoms with Crippen molar-refractivity contribution < 1.29 is 14.1 Å². The standard InChI is InChI=1S/C22H24N2O3/c1-14-20(15(2)27-24-14)13-26-21-12-17-8-4-3-7-16(17)11-19(21)22(25)23-18-9-5-6-10-18/h3-4,7-8,11-12,18H,5-6,9-10,13H2,1-2H3,(H,23,25). The van der Waals surface area contributed by atoms with Gasteiger partial charge >= 0.3 is 0 Å². The Bertz CT molecular complexity index is 951. The van der Waals surface area contributed by atoms with E-state index in [4.69, 9.17) is 9.26 Å². The van der Waals surface area contributed by atoms with E-state index < -0.39 is 0 Å². The third-order valence-corrected chi connectivity index (χ3v) is 5.34. The minimum atomic E-state index is -0.0681. The first-order valence-electron chi connectivity index (χ1n) is 9.50. The molecule has 1 aliphatic carbocycles. The molecule has 0 saturated heterocycles. The minimum absolute atomic E-state index is 0.0681. The predicted molar refractivity (Wildman–Crippen MR) is 104 cm³/mol. The van der Waals surface area contributed by atoms with Crippen molar-refractivity contribution in [1.82, 2.24) is 10.5 Å². The third-order valence-electron chi connectivity index (χ3n) is 5.34. The molecule has 0 bridgehead atoms. The molecule has 1 aliphatic rings. The number of nitrogens with one attached hydrogen (secondary N) is 1. The van der Waals surface area contributed by atoms with Crippen LogP contribution in [0, 0.1) is 13.8 Å². The Balaban J connectivity index is 1.65. The van der Waals surface area contributed by atoms with Crippen molar-refractivity contribution in [1.29, 1.82) is 0 Å². The molecule has 5 heteroatoms. The summed E-state index contributed by atoms with van der Waals surface area (Å²) in [6, 6.07) is 12.1. The van der Waals surface area contributed by atoms with Gasteiger partial charge in [0.2, 0.25) is 0 Å². The average Bonchev–Trinajstić information content (AvgIpc) is 3.29. The second kappa shape index (κ2) is 7.43. The number of carbonyl (C=O) groups excluding carboxylic acids is 1. The summed E-state index contributed by atoms with van der Waals surface area (Å²) in [4.78, 5) is 12.9. The molecule has 0 atom stereocenters. The van der Waals surface area contributed by atoms with E-state index in [0.717, 1.165) is 40.6 Å². The summed E-state index contributed by atoms with van der Waals surface area (Å²) in [5, 5.41) is 9.21. The summed E-state index contributed by atoms with van der Waals surface area (Å²) in [6.45, 7) is 4.08. The smallest absolute Gasteiger partial charge is 0.255 e. The van der Waals surface area contributed by atoms with Crippen LogP contribution in [0.2, 0.25) is 0 Å². The lowest BCUT2D eigenvalue weighted by Gasteiger charge is -2.16. The highest BCUT2D eigenvalue weighted by Crippen LogP contribution is 2.28. The highest BCUT2D eigenvalue weighted by Gasteiger charge is 2.21. The van der Waals surface area contributed by atoms with Gasteiger partial charge in [0.1, 0.15) is 18.1 Å². The highest BCUT2D eigenvalue weighted by molar-refractivity contribution is 6.01. The van der Waals surface area contributed by atoms with Crippen molar-refractivity contribution >= 4 is 16.7 Å². The number of benzene rings is 2. The van der Waals surface area contributed by atoms with Crippen molar-refractivity contribution in [2.75, 3.05) is 0 Å². The first-order valence-corrected chi connectivity index (χ1v) is 9.50. The Morgan fingerprint density at radius 1 is 1.19 bits per heavy atom. The van der Waals surface area contributed by atoms with Crippen molar-refractivity contribution in [3.05, 3.63) is 59.0 Å². The second-order valence-corrected chi connectivity index (χ2v) is 7.24. The molecule has 1 heterocycles. The van der Waals surface area contributed by atoms with Crippen LogP contribution in [0.15, 0.2) is 40.9 Å². The lowest BCUT2D eigenvalue weighted by molar-refractivity contribution is 0.0933. The Morgan fingerprint density at radius 3 is 2.56 bits per heavy atom. The molecule has 0 unspecified atom stereocenters. The summed E-state index contributed by atoms with van der Waals surface area (Å²) >= 11 is 0. The predicted octanol–water partition coefficient (Wildman–Crippen LogP) is 4.70. The molecule has 3 aromatic rings. The number of ether oxygens (including phenoxy) is 1. The molecule has 0 radical (unpaired) electrons. The van der Waals surface area contributed by atoms with Crippen molar-refractivity contribution in [3.63, 3.8) is 0 Å². The summed E-state index contributed by atoms with van der Waals surface area (Å²) in [6.07, 6.45) is 4.46. The third kappa shape index (κ3) is 3.68. The minimum Gasteiger partial charge on any atom is -0.488 e. The van der Waals surface area contributed by atoms with Crippen LogP contribution in [0.3, 0.4) is 0 Å². The normalized spacial score (nSPS) is 14.6. The number of hydrogen-bond acceptors (Lipinski definition) is 4. The van der Waals surface area contributed by atoms with E-state index in [2.05, 4.69) is 10.5 Å². The number of amides is 1. The van der Waals surface area contributed by atoms with Gasteiger partial charge in [0.25, 0.3) is 5.91 Å². The van der Waals surface area contributed by atoms with Crippen LogP contribution in [0.4, 0.5) is 0 Å². The highest BCUT2D eigenvalue weighted by atomic mass is 16.5. The van der Waals surface area contributed by atoms with Crippen LogP contribution in [-0.4, -0.2) is 17.1 Å². The molecule has 4 rings (SSSR count). The maximum atomic E-state index is 12.9. The summed E-state index contributed by atoms with van der Waals surface area (Å²) in [5.74, 6) is 1.26. The molecule has 1 aromatic heterocycles. The number of fused-ring (bicyclic) bond motifs is 1. The second-order valence-electron chi connectivity index (χ2n) is 7.24. The van der Waals surface area contributed by atoms with E-state index in [9.17, 15) is 4.79 Å². The quantitative estimate of drug-likeness (QED) is 0.713. The molecule has 1 N–H and O–H groups in total. The van der Waals surface area contributed by atoms with Crippen LogP contribution in [0.5, 0.6) is 5.75 Å². The zero-order chi connectivity index (χ0) is 18.8. The zero-order valence-electron chi connectivity index (χ0n) is 15.7. The fraction of sp³-hybridized carbons (Fsp3) is 0.364. The summed E-state index contributed by atoms with van der Waals surface area (Å²) < 4.78 is 11.3. The molecular formula is C22H24N2O3. The number of aryl methyl sites for hydroxylation is 2. The fourth-order valence-electron chi connectivity index (χ4n) is 3.71. The monoisotopic (exact) mass is 364 g/mol. The van der Waals surface area contributed by atoms with E-state index in [1.807, 2.05) is 50.2 Å². The van der Waals surface area contributed by atoms with Gasteiger partial charge in [0.05, 0.1) is 16.8 Å². The molecule has 0 aliphatic heterocycles. The maximum Gasteiger partial charge on any atom is 0.255 e. The van der Waals surface area contributed by atoms with Gasteiger partial charge in [-0.15, -0.1) is 0 Å². The van der Waals surface area contributed by atoms with Gasteiger partial charge in [-0.2, -0.15) is 0 Å². The zero-order valence-corrected chi connectivity index (χ0v) is 15.7. The molecule has 1 fully saturated rings. The van der Waals surface area contributed by atoms with E-state index in [-0.39, 0.29) is 11.9 Å². The Hall–Kier alpha value is -2.82. The number of carbonyl (C=O) groups is 1. The molecule has 0 spiro atoms. The lowest BCUT2D eigenvalue weighted by Crippen LogP contribution is -2.32. The van der Waals surface area contributed by atoms with E-state index >= 15 is 0 Å². The number of hydrogen-bond donors (Lipinski definition) is 1. The van der Waals surface area contributed by atoms with Crippen LogP contribution in [0.25, 0.3) is 10.8 Å². The Morgan fingerprint density at radius 2 is 1.89 bits per heavy atom. The largest absolute Gasteiger partial charge is 0.488 e. The van der Waals surface area contributed by atoms with Gasteiger partial charge < -0.3 is 14.6 Å². The SMILES string of the molecule is Cc1noc(C)c1COc1cc2ccccc2cc1C(=O)NC1CCCC1. The fourth-order valence-corrected chi connectivity index (χ4v) is 3.71. The van der Waals surface area contributed by atoms with Gasteiger partial charge in [-0.25, -0.2) is 0 Å². The van der Waals surface area contributed by atoms with Crippen molar-refractivity contribution in [2.24, 2.45) is 0 Å². The Kier molecular flexibility index (Phi) is 4.84. The molecule has 140 valence electrons. The van der Waals surface area contributed by atoms with E-state index in [1.54, 1.807) is 0 Å². The van der Waals surface area contributed by atoms with E-state index in [1.165, 1.54) is 12.8 Å². The van der Waals surface area contributed by atoms with Gasteiger partial charge in [-0.1, -0.05) is 42.3 Å². The van der Waals surface area contributed by atoms with Crippen molar-refractivity contribution in [3.8, 4) is 5.75 Å². The maximum absolute atomic E-state index is 12.9. The van der Waals surface area contributed by atoms with E-state index in [0.29, 0.717) is 17.9 Å². The number of rotatable bonds is 5. The van der Waals surface area contributed by atoms with Crippen LogP contribution < -0.4 is 10.1 Å². The Labute approximate surface area is 158 Å². The number of nitrogens with zero attached hydrogens (tertiary/aromatic N) is 1. The number of aromatic nitrogens is 1. The van der Waals surface area contributed by atoms with Gasteiger partial charge in [0, 0.05) is 6.04 Å². The van der Waals surface area contributed by atoms with Gasteiger partial charge in [0.15, 0.2) is 0 Å².